The third-order valence-corrected chi connectivity index (χ3v) is 2.72. The molecule has 0 aliphatic rings. The molecule has 2 nitrogen and oxygen atoms in total. The first-order valence-electron chi connectivity index (χ1n) is 5.68. The van der Waals surface area contributed by atoms with Crippen molar-refractivity contribution in [1.29, 1.82) is 0 Å². The van der Waals surface area contributed by atoms with Gasteiger partial charge >= 0.3 is 0 Å². The van der Waals surface area contributed by atoms with Crippen molar-refractivity contribution in [2.45, 2.75) is 13.8 Å². The summed E-state index contributed by atoms with van der Waals surface area (Å²) in [5.74, 6) is 0. The van der Waals surface area contributed by atoms with Crippen molar-refractivity contribution in [2.75, 3.05) is 5.43 Å². The van der Waals surface area contributed by atoms with Gasteiger partial charge in [0, 0.05) is 0 Å². The zero-order chi connectivity index (χ0) is 12.1. The van der Waals surface area contributed by atoms with Gasteiger partial charge in [0.1, 0.15) is 0 Å². The van der Waals surface area contributed by atoms with Gasteiger partial charge in [0.25, 0.3) is 0 Å². The molecule has 2 aromatic carbocycles. The summed E-state index contributed by atoms with van der Waals surface area (Å²) < 4.78 is 0. The molecule has 0 atom stereocenters. The molecule has 2 heteroatoms. The number of para-hydroxylation sites is 1. The molecule has 2 rings (SSSR count). The molecule has 0 saturated heterocycles. The Balaban J connectivity index is 2.09. The van der Waals surface area contributed by atoms with Crippen LogP contribution in [0.2, 0.25) is 0 Å². The maximum Gasteiger partial charge on any atom is 0.0590 e. The van der Waals surface area contributed by atoms with E-state index < -0.39 is 0 Å². The molecule has 0 aliphatic carbocycles. The molecule has 17 heavy (non-hydrogen) atoms. The Morgan fingerprint density at radius 1 is 0.882 bits per heavy atom. The Hall–Kier alpha value is -2.09. The van der Waals surface area contributed by atoms with E-state index in [4.69, 9.17) is 0 Å². The maximum absolute atomic E-state index is 4.26. The molecule has 0 aromatic heterocycles. The van der Waals surface area contributed by atoms with Crippen LogP contribution in [-0.4, -0.2) is 6.21 Å². The van der Waals surface area contributed by atoms with Crippen molar-refractivity contribution in [3.05, 3.63) is 65.2 Å². The molecular formula is C15H16N2. The predicted molar refractivity (Wildman–Crippen MR) is 73.6 cm³/mol. The lowest BCUT2D eigenvalue weighted by molar-refractivity contribution is 1.30. The Labute approximate surface area is 102 Å². The molecule has 0 amide bonds. The van der Waals surface area contributed by atoms with Crippen LogP contribution in [0.5, 0.6) is 0 Å². The van der Waals surface area contributed by atoms with Crippen molar-refractivity contribution >= 4 is 11.9 Å². The van der Waals surface area contributed by atoms with Gasteiger partial charge in [0.05, 0.1) is 11.9 Å². The van der Waals surface area contributed by atoms with Gasteiger partial charge in [0.15, 0.2) is 0 Å². The molecule has 0 radical (unpaired) electrons. The van der Waals surface area contributed by atoms with Gasteiger partial charge in [-0.05, 0) is 36.6 Å². The highest BCUT2D eigenvalue weighted by molar-refractivity contribution is 5.82. The number of aryl methyl sites for hydroxylation is 2. The van der Waals surface area contributed by atoms with Crippen LogP contribution in [0, 0.1) is 13.8 Å². The third kappa shape index (κ3) is 2.94. The van der Waals surface area contributed by atoms with Crippen LogP contribution in [0.1, 0.15) is 16.7 Å². The molecule has 0 bridgehead atoms. The largest absolute Gasteiger partial charge is 0.278 e. The van der Waals surface area contributed by atoms with Crippen LogP contribution >= 0.6 is 0 Å². The number of anilines is 1. The summed E-state index contributed by atoms with van der Waals surface area (Å²) in [6.45, 7) is 4.14. The van der Waals surface area contributed by atoms with Crippen molar-refractivity contribution in [1.82, 2.24) is 0 Å². The standard InChI is InChI=1S/C15H16N2/c1-12-7-3-5-9-14(12)11-16-17-15-10-6-4-8-13(15)2/h3-11,17H,1-2H3/b16-11+. The fourth-order valence-electron chi connectivity index (χ4n) is 1.60. The van der Waals surface area contributed by atoms with Crippen LogP contribution in [0.25, 0.3) is 0 Å². The fourth-order valence-corrected chi connectivity index (χ4v) is 1.60. The van der Waals surface area contributed by atoms with E-state index in [2.05, 4.69) is 42.6 Å². The number of hydrazone groups is 1. The molecule has 2 aromatic rings. The van der Waals surface area contributed by atoms with Crippen LogP contribution < -0.4 is 5.43 Å². The van der Waals surface area contributed by atoms with E-state index in [1.807, 2.05) is 36.5 Å². The Morgan fingerprint density at radius 3 is 2.24 bits per heavy atom. The third-order valence-electron chi connectivity index (χ3n) is 2.72. The van der Waals surface area contributed by atoms with Crippen LogP contribution in [-0.2, 0) is 0 Å². The molecule has 0 spiro atoms. The summed E-state index contributed by atoms with van der Waals surface area (Å²) >= 11 is 0. The van der Waals surface area contributed by atoms with Crippen molar-refractivity contribution < 1.29 is 0 Å². The predicted octanol–water partition coefficient (Wildman–Crippen LogP) is 3.75. The van der Waals surface area contributed by atoms with E-state index >= 15 is 0 Å². The first-order valence-corrected chi connectivity index (χ1v) is 5.68. The minimum Gasteiger partial charge on any atom is -0.278 e. The lowest BCUT2D eigenvalue weighted by Crippen LogP contribution is -1.93. The molecule has 0 unspecified atom stereocenters. The van der Waals surface area contributed by atoms with Crippen LogP contribution in [0.15, 0.2) is 53.6 Å². The lowest BCUT2D eigenvalue weighted by Gasteiger charge is -2.04. The second kappa shape index (κ2) is 5.30. The fraction of sp³-hybridized carbons (Fsp3) is 0.133. The van der Waals surface area contributed by atoms with E-state index in [1.54, 1.807) is 0 Å². The minimum atomic E-state index is 1.04. The van der Waals surface area contributed by atoms with E-state index in [1.165, 1.54) is 11.1 Å². The number of benzene rings is 2. The summed E-state index contributed by atoms with van der Waals surface area (Å²) in [6.07, 6.45) is 1.85. The van der Waals surface area contributed by atoms with Gasteiger partial charge in [-0.1, -0.05) is 42.5 Å². The van der Waals surface area contributed by atoms with Gasteiger partial charge in [-0.15, -0.1) is 0 Å². The van der Waals surface area contributed by atoms with E-state index in [9.17, 15) is 0 Å². The van der Waals surface area contributed by atoms with Gasteiger partial charge in [-0.2, -0.15) is 5.10 Å². The van der Waals surface area contributed by atoms with Crippen molar-refractivity contribution in [2.24, 2.45) is 5.10 Å². The van der Waals surface area contributed by atoms with E-state index in [-0.39, 0.29) is 0 Å². The average molecular weight is 224 g/mol. The Morgan fingerprint density at radius 2 is 1.53 bits per heavy atom. The quantitative estimate of drug-likeness (QED) is 0.623. The molecule has 0 saturated carbocycles. The molecule has 0 aliphatic heterocycles. The highest BCUT2D eigenvalue weighted by Crippen LogP contribution is 2.12. The highest BCUT2D eigenvalue weighted by Gasteiger charge is 1.94. The molecule has 0 heterocycles. The second-order valence-corrected chi connectivity index (χ2v) is 4.04. The van der Waals surface area contributed by atoms with Crippen LogP contribution in [0.4, 0.5) is 5.69 Å². The SMILES string of the molecule is Cc1ccccc1/C=N/Nc1ccccc1C. The number of hydrogen-bond donors (Lipinski definition) is 1. The lowest BCUT2D eigenvalue weighted by atomic mass is 10.1. The zero-order valence-corrected chi connectivity index (χ0v) is 10.1. The van der Waals surface area contributed by atoms with Crippen molar-refractivity contribution in [3.63, 3.8) is 0 Å². The van der Waals surface area contributed by atoms with Crippen LogP contribution in [0.3, 0.4) is 0 Å². The summed E-state index contributed by atoms with van der Waals surface area (Å²) in [5, 5.41) is 4.26. The average Bonchev–Trinajstić information content (AvgIpc) is 2.34. The molecule has 0 fully saturated rings. The highest BCUT2D eigenvalue weighted by atomic mass is 15.3. The number of nitrogens with zero attached hydrogens (tertiary/aromatic N) is 1. The minimum absolute atomic E-state index is 1.04. The monoisotopic (exact) mass is 224 g/mol. The number of nitrogens with one attached hydrogen (secondary N) is 1. The van der Waals surface area contributed by atoms with E-state index in [0.29, 0.717) is 0 Å². The van der Waals surface area contributed by atoms with Crippen molar-refractivity contribution in [3.8, 4) is 0 Å². The summed E-state index contributed by atoms with van der Waals surface area (Å²) in [6, 6.07) is 16.3. The molecule has 1 N–H and O–H groups in total. The Kier molecular flexibility index (Phi) is 3.55. The summed E-state index contributed by atoms with van der Waals surface area (Å²) in [4.78, 5) is 0. The molecule has 86 valence electrons. The van der Waals surface area contributed by atoms with Gasteiger partial charge in [0.2, 0.25) is 0 Å². The topological polar surface area (TPSA) is 24.4 Å². The zero-order valence-electron chi connectivity index (χ0n) is 10.1. The maximum atomic E-state index is 4.26. The van der Waals surface area contributed by atoms with E-state index in [0.717, 1.165) is 11.3 Å². The summed E-state index contributed by atoms with van der Waals surface area (Å²) in [5.41, 5.74) is 7.64. The molecular weight excluding hydrogens is 208 g/mol. The smallest absolute Gasteiger partial charge is 0.0590 e. The van der Waals surface area contributed by atoms with Gasteiger partial charge in [-0.3, -0.25) is 5.43 Å². The second-order valence-electron chi connectivity index (χ2n) is 4.04. The number of hydrogen-bond acceptors (Lipinski definition) is 2. The Bertz CT molecular complexity index is 530. The first-order chi connectivity index (χ1) is 8.27. The summed E-state index contributed by atoms with van der Waals surface area (Å²) in [7, 11) is 0. The normalized spacial score (nSPS) is 10.7. The first kappa shape index (κ1) is 11.4. The van der Waals surface area contributed by atoms with Gasteiger partial charge in [-0.25, -0.2) is 0 Å². The van der Waals surface area contributed by atoms with Gasteiger partial charge < -0.3 is 0 Å². The number of rotatable bonds is 3.